The first kappa shape index (κ1) is 42.5. The summed E-state index contributed by atoms with van der Waals surface area (Å²) in [5, 5.41) is 30.2. The summed E-state index contributed by atoms with van der Waals surface area (Å²) >= 11 is 1.43. The average molecular weight is 763 g/mol. The Morgan fingerprint density at radius 2 is 1.40 bits per heavy atom. The quantitative estimate of drug-likeness (QED) is 0.108. The molecule has 5 atom stereocenters. The van der Waals surface area contributed by atoms with Gasteiger partial charge in [-0.3, -0.25) is 19.4 Å². The van der Waals surface area contributed by atoms with Gasteiger partial charge in [-0.25, -0.2) is 17.2 Å². The van der Waals surface area contributed by atoms with Crippen LogP contribution >= 0.6 is 11.8 Å². The predicted octanol–water partition coefficient (Wildman–Crippen LogP) is 3.84. The third-order valence-electron chi connectivity index (χ3n) is 8.54. The number of nitrogens with one attached hydrogen (secondary N) is 3. The summed E-state index contributed by atoms with van der Waals surface area (Å²) < 4.78 is 55.9. The number of carbonyl (C=O) groups excluding carboxylic acids is 3. The van der Waals surface area contributed by atoms with Crippen LogP contribution in [0.15, 0.2) is 73.1 Å². The van der Waals surface area contributed by atoms with Crippen molar-refractivity contribution in [1.29, 1.82) is 0 Å². The fourth-order valence-corrected chi connectivity index (χ4v) is 8.50. The average Bonchev–Trinajstić information content (AvgIpc) is 3.12. The number of pyridine rings is 1. The Morgan fingerprint density at radius 1 is 0.808 bits per heavy atom. The van der Waals surface area contributed by atoms with Crippen LogP contribution in [0.4, 0.5) is 8.78 Å². The van der Waals surface area contributed by atoms with Crippen molar-refractivity contribution < 1.29 is 41.8 Å². The largest absolute Gasteiger partial charge is 0.388 e. The fourth-order valence-electron chi connectivity index (χ4n) is 5.85. The maximum absolute atomic E-state index is 14.3. The van der Waals surface area contributed by atoms with E-state index in [4.69, 9.17) is 0 Å². The van der Waals surface area contributed by atoms with Crippen LogP contribution in [0.2, 0.25) is 0 Å². The lowest BCUT2D eigenvalue weighted by Crippen LogP contribution is -2.60. The molecule has 0 bridgehead atoms. The van der Waals surface area contributed by atoms with E-state index in [0.717, 1.165) is 12.1 Å². The number of amides is 3. The van der Waals surface area contributed by atoms with Gasteiger partial charge in [0.05, 0.1) is 28.6 Å². The summed E-state index contributed by atoms with van der Waals surface area (Å²) in [5.41, 5.74) is 0.373. The minimum atomic E-state index is -3.98. The third-order valence-corrected chi connectivity index (χ3v) is 11.5. The number of nitrogens with zero attached hydrogens (tertiary/aromatic N) is 1. The maximum Gasteiger partial charge on any atom is 0.253 e. The molecule has 0 saturated carbocycles. The molecule has 1 aromatic heterocycles. The van der Waals surface area contributed by atoms with Crippen LogP contribution in [0.25, 0.3) is 0 Å². The minimum absolute atomic E-state index is 0.0116. The van der Waals surface area contributed by atoms with Crippen molar-refractivity contribution in [3.63, 3.8) is 0 Å². The SMILES string of the molecule is CCCC(CCC)S(=O)(=O)CC(NC(=O)c1cccnc1)C(=O)NC(Cc1cc(F)cc(F)c1)C(O)C(O)C(CCSC)NC(=O)c1ccccc1. The lowest BCUT2D eigenvalue weighted by atomic mass is 9.92. The van der Waals surface area contributed by atoms with Gasteiger partial charge >= 0.3 is 0 Å². The molecule has 0 fully saturated rings. The van der Waals surface area contributed by atoms with E-state index in [-0.39, 0.29) is 17.5 Å². The lowest BCUT2D eigenvalue weighted by molar-refractivity contribution is -0.125. The van der Waals surface area contributed by atoms with Crippen molar-refractivity contribution in [1.82, 2.24) is 20.9 Å². The van der Waals surface area contributed by atoms with E-state index < -0.39 is 87.0 Å². The van der Waals surface area contributed by atoms with Gasteiger partial charge in [-0.05, 0) is 79.7 Å². The van der Waals surface area contributed by atoms with Crippen molar-refractivity contribution in [2.75, 3.05) is 17.8 Å². The van der Waals surface area contributed by atoms with Crippen LogP contribution in [-0.4, -0.2) is 94.7 Å². The van der Waals surface area contributed by atoms with Gasteiger partial charge in [-0.1, -0.05) is 44.9 Å². The molecule has 5 unspecified atom stereocenters. The second kappa shape index (κ2) is 20.9. The normalized spacial score (nSPS) is 14.5. The Bertz CT molecular complexity index is 1680. The Morgan fingerprint density at radius 3 is 1.98 bits per heavy atom. The highest BCUT2D eigenvalue weighted by atomic mass is 32.2. The number of aliphatic hydroxyl groups is 2. The van der Waals surface area contributed by atoms with E-state index in [0.29, 0.717) is 43.1 Å². The molecule has 3 rings (SSSR count). The molecular weight excluding hydrogens is 715 g/mol. The van der Waals surface area contributed by atoms with Crippen molar-refractivity contribution in [3.8, 4) is 0 Å². The van der Waals surface area contributed by atoms with E-state index in [2.05, 4.69) is 20.9 Å². The second-order valence-electron chi connectivity index (χ2n) is 12.6. The molecule has 0 aliphatic carbocycles. The number of carbonyl (C=O) groups is 3. The highest BCUT2D eigenvalue weighted by Crippen LogP contribution is 2.20. The van der Waals surface area contributed by atoms with Gasteiger partial charge in [0, 0.05) is 24.0 Å². The first-order valence-electron chi connectivity index (χ1n) is 17.2. The van der Waals surface area contributed by atoms with Crippen LogP contribution in [0.3, 0.4) is 0 Å². The molecule has 5 N–H and O–H groups in total. The number of aromatic nitrogens is 1. The van der Waals surface area contributed by atoms with E-state index >= 15 is 0 Å². The molecule has 2 aromatic carbocycles. The molecule has 3 amide bonds. The minimum Gasteiger partial charge on any atom is -0.388 e. The molecule has 0 saturated heterocycles. The van der Waals surface area contributed by atoms with E-state index in [1.54, 1.807) is 30.3 Å². The Balaban J connectivity index is 2.00. The molecule has 0 aliphatic rings. The Kier molecular flexibility index (Phi) is 17.1. The number of rotatable bonds is 21. The summed E-state index contributed by atoms with van der Waals surface area (Å²) in [5.74, 6) is -4.48. The topological polar surface area (TPSA) is 175 Å². The third kappa shape index (κ3) is 12.9. The van der Waals surface area contributed by atoms with Gasteiger partial charge < -0.3 is 26.2 Å². The Labute approximate surface area is 308 Å². The highest BCUT2D eigenvalue weighted by molar-refractivity contribution is 7.98. The van der Waals surface area contributed by atoms with Gasteiger partial charge in [0.2, 0.25) is 5.91 Å². The molecule has 0 aliphatic heterocycles. The number of halogens is 2. The van der Waals surface area contributed by atoms with Crippen LogP contribution < -0.4 is 16.0 Å². The monoisotopic (exact) mass is 762 g/mol. The number of hydrogen-bond acceptors (Lipinski definition) is 9. The van der Waals surface area contributed by atoms with Crippen LogP contribution in [0.1, 0.15) is 72.2 Å². The van der Waals surface area contributed by atoms with Gasteiger partial charge in [-0.2, -0.15) is 11.8 Å². The molecular formula is C37H48F2N4O7S2. The molecule has 3 aromatic rings. The van der Waals surface area contributed by atoms with Gasteiger partial charge in [0.15, 0.2) is 9.84 Å². The van der Waals surface area contributed by atoms with Crippen molar-refractivity contribution >= 4 is 39.3 Å². The molecule has 1 heterocycles. The molecule has 15 heteroatoms. The smallest absolute Gasteiger partial charge is 0.253 e. The van der Waals surface area contributed by atoms with Crippen LogP contribution in [-0.2, 0) is 21.1 Å². The molecule has 11 nitrogen and oxygen atoms in total. The van der Waals surface area contributed by atoms with Gasteiger partial charge in [-0.15, -0.1) is 0 Å². The number of sulfone groups is 1. The lowest BCUT2D eigenvalue weighted by Gasteiger charge is -2.34. The molecule has 284 valence electrons. The Hall–Kier alpha value is -3.92. The number of benzene rings is 2. The van der Waals surface area contributed by atoms with E-state index in [9.17, 15) is 41.8 Å². The number of hydrogen-bond donors (Lipinski definition) is 5. The van der Waals surface area contributed by atoms with Gasteiger partial charge in [0.1, 0.15) is 29.9 Å². The first-order chi connectivity index (χ1) is 24.8. The van der Waals surface area contributed by atoms with Crippen molar-refractivity contribution in [2.45, 2.75) is 88.0 Å². The fraction of sp³-hybridized carbons (Fsp3) is 0.459. The standard InChI is InChI=1S/C37H48F2N4O7S2/c1-4-10-29(11-5-2)52(49,50)23-32(43-36(47)26-14-9-16-40-22-26)37(48)42-31(20-24-18-27(38)21-28(39)19-24)34(45)33(44)30(15-17-51-3)41-35(46)25-12-7-6-8-13-25/h6-9,12-14,16,18-19,21-22,29-34,44-45H,4-5,10-11,15,17,20,23H2,1-3H3,(H,41,46)(H,42,48)(H,43,47). The molecule has 0 spiro atoms. The summed E-state index contributed by atoms with van der Waals surface area (Å²) in [6, 6.07) is 9.59. The van der Waals surface area contributed by atoms with Crippen molar-refractivity contribution in [3.05, 3.63) is 101 Å². The van der Waals surface area contributed by atoms with Crippen LogP contribution in [0, 0.1) is 11.6 Å². The van der Waals surface area contributed by atoms with Crippen molar-refractivity contribution in [2.24, 2.45) is 0 Å². The van der Waals surface area contributed by atoms with Crippen LogP contribution in [0.5, 0.6) is 0 Å². The zero-order chi connectivity index (χ0) is 38.3. The highest BCUT2D eigenvalue weighted by Gasteiger charge is 2.38. The van der Waals surface area contributed by atoms with Gasteiger partial charge in [0.25, 0.3) is 11.8 Å². The predicted molar refractivity (Wildman–Crippen MR) is 198 cm³/mol. The summed E-state index contributed by atoms with van der Waals surface area (Å²) in [6.07, 6.45) is 2.54. The second-order valence-corrected chi connectivity index (χ2v) is 15.9. The molecule has 0 radical (unpaired) electrons. The zero-order valence-corrected chi connectivity index (χ0v) is 31.1. The summed E-state index contributed by atoms with van der Waals surface area (Å²) in [7, 11) is -3.98. The summed E-state index contributed by atoms with van der Waals surface area (Å²) in [6.45, 7) is 3.68. The molecule has 52 heavy (non-hydrogen) atoms. The first-order valence-corrected chi connectivity index (χ1v) is 20.3. The summed E-state index contributed by atoms with van der Waals surface area (Å²) in [4.78, 5) is 44.3. The van der Waals surface area contributed by atoms with E-state index in [1.165, 1.54) is 36.3 Å². The zero-order valence-electron chi connectivity index (χ0n) is 29.5. The number of thioether (sulfide) groups is 1. The maximum atomic E-state index is 14.3. The van der Waals surface area contributed by atoms with E-state index in [1.807, 2.05) is 20.1 Å². The number of aliphatic hydroxyl groups excluding tert-OH is 2.